The Kier molecular flexibility index (Phi) is 3.09. The summed E-state index contributed by atoms with van der Waals surface area (Å²) in [5.41, 5.74) is 11.8. The van der Waals surface area contributed by atoms with E-state index < -0.39 is 0 Å². The molecule has 0 radical (unpaired) electrons. The van der Waals surface area contributed by atoms with E-state index in [1.807, 2.05) is 24.4 Å². The van der Waals surface area contributed by atoms with Crippen molar-refractivity contribution in [2.75, 3.05) is 0 Å². The van der Waals surface area contributed by atoms with Crippen LogP contribution in [-0.2, 0) is 13.0 Å². The number of nitrogens with zero attached hydrogens (tertiary/aromatic N) is 2. The molecule has 23 heavy (non-hydrogen) atoms. The summed E-state index contributed by atoms with van der Waals surface area (Å²) < 4.78 is 0. The third-order valence-corrected chi connectivity index (χ3v) is 4.39. The average Bonchev–Trinajstić information content (AvgIpc) is 2.96. The van der Waals surface area contributed by atoms with Crippen molar-refractivity contribution in [1.29, 1.82) is 0 Å². The minimum Gasteiger partial charge on any atom is -0.325 e. The molecule has 1 aromatic carbocycles. The summed E-state index contributed by atoms with van der Waals surface area (Å²) in [5.74, 6) is 0. The van der Waals surface area contributed by atoms with E-state index in [1.165, 1.54) is 11.1 Å². The highest BCUT2D eigenvalue weighted by atomic mass is 16.1. The van der Waals surface area contributed by atoms with Gasteiger partial charge in [0.15, 0.2) is 0 Å². The topological polar surface area (TPSA) is 84.7 Å². The van der Waals surface area contributed by atoms with E-state index >= 15 is 0 Å². The van der Waals surface area contributed by atoms with Gasteiger partial charge in [-0.25, -0.2) is 5.10 Å². The lowest BCUT2D eigenvalue weighted by atomic mass is 10.00. The Morgan fingerprint density at radius 2 is 2.09 bits per heavy atom. The molecule has 0 atom stereocenters. The fraction of sp³-hybridized carbons (Fsp3) is 0.167. The van der Waals surface area contributed by atoms with Gasteiger partial charge in [-0.3, -0.25) is 9.78 Å². The van der Waals surface area contributed by atoms with Crippen molar-refractivity contribution in [1.82, 2.24) is 15.2 Å². The lowest BCUT2D eigenvalue weighted by Crippen LogP contribution is -2.13. The fourth-order valence-electron chi connectivity index (χ4n) is 3.07. The largest absolute Gasteiger partial charge is 0.325 e. The Morgan fingerprint density at radius 1 is 1.22 bits per heavy atom. The molecule has 0 amide bonds. The van der Waals surface area contributed by atoms with Crippen molar-refractivity contribution in [2.45, 2.75) is 19.9 Å². The summed E-state index contributed by atoms with van der Waals surface area (Å²) in [5, 5.41) is 7.93. The van der Waals surface area contributed by atoms with Crippen LogP contribution in [0.25, 0.3) is 27.5 Å². The van der Waals surface area contributed by atoms with Gasteiger partial charge >= 0.3 is 0 Å². The van der Waals surface area contributed by atoms with E-state index in [-0.39, 0.29) is 12.1 Å². The van der Waals surface area contributed by atoms with Crippen LogP contribution in [0.15, 0.2) is 41.3 Å². The first-order valence-corrected chi connectivity index (χ1v) is 7.55. The van der Waals surface area contributed by atoms with Crippen LogP contribution in [0.4, 0.5) is 0 Å². The Hall–Kier alpha value is -2.79. The second-order valence-corrected chi connectivity index (χ2v) is 5.77. The van der Waals surface area contributed by atoms with E-state index in [0.717, 1.165) is 28.6 Å². The predicted molar refractivity (Wildman–Crippen MR) is 90.8 cm³/mol. The molecule has 5 heteroatoms. The minimum atomic E-state index is -0.199. The highest BCUT2D eigenvalue weighted by Gasteiger charge is 2.14. The molecule has 0 spiro atoms. The molecule has 4 rings (SSSR count). The average molecular weight is 304 g/mol. The lowest BCUT2D eigenvalue weighted by Gasteiger charge is -2.08. The van der Waals surface area contributed by atoms with Crippen LogP contribution in [0, 0.1) is 0 Å². The van der Waals surface area contributed by atoms with Crippen LogP contribution in [-0.4, -0.2) is 15.2 Å². The molecule has 3 N–H and O–H groups in total. The number of H-pyrrole nitrogens is 1. The molecule has 5 nitrogen and oxygen atoms in total. The molecule has 0 fully saturated rings. The molecular formula is C18H16N4O. The third-order valence-electron chi connectivity index (χ3n) is 4.39. The molecule has 1 aliphatic carbocycles. The van der Waals surface area contributed by atoms with Crippen molar-refractivity contribution in [3.63, 3.8) is 0 Å². The van der Waals surface area contributed by atoms with Gasteiger partial charge in [-0.1, -0.05) is 12.1 Å². The number of hydrogen-bond donors (Lipinski definition) is 2. The first-order chi connectivity index (χ1) is 11.2. The quantitative estimate of drug-likeness (QED) is 0.761. The molecule has 0 aliphatic heterocycles. The van der Waals surface area contributed by atoms with Gasteiger partial charge in [0, 0.05) is 30.1 Å². The Labute approximate surface area is 132 Å². The van der Waals surface area contributed by atoms with Crippen LogP contribution in [0.3, 0.4) is 0 Å². The van der Waals surface area contributed by atoms with Gasteiger partial charge in [0.2, 0.25) is 0 Å². The van der Waals surface area contributed by atoms with E-state index in [0.29, 0.717) is 11.1 Å². The summed E-state index contributed by atoms with van der Waals surface area (Å²) in [6, 6.07) is 7.89. The van der Waals surface area contributed by atoms with Crippen LogP contribution in [0.5, 0.6) is 0 Å². The van der Waals surface area contributed by atoms with Crippen molar-refractivity contribution in [2.24, 2.45) is 5.73 Å². The van der Waals surface area contributed by atoms with Gasteiger partial charge in [-0.2, -0.15) is 5.10 Å². The maximum atomic E-state index is 11.9. The number of benzene rings is 1. The molecule has 0 saturated heterocycles. The zero-order valence-corrected chi connectivity index (χ0v) is 12.8. The van der Waals surface area contributed by atoms with Crippen molar-refractivity contribution >= 4 is 16.3 Å². The third kappa shape index (κ3) is 2.17. The second kappa shape index (κ2) is 5.14. The van der Waals surface area contributed by atoms with E-state index in [4.69, 9.17) is 5.73 Å². The van der Waals surface area contributed by atoms with E-state index in [2.05, 4.69) is 34.2 Å². The summed E-state index contributed by atoms with van der Waals surface area (Å²) in [6.07, 6.45) is 4.97. The van der Waals surface area contributed by atoms with Crippen LogP contribution in [0.2, 0.25) is 0 Å². The Balaban J connectivity index is 1.92. The van der Waals surface area contributed by atoms with Crippen molar-refractivity contribution in [3.8, 4) is 11.1 Å². The minimum absolute atomic E-state index is 0.199. The molecule has 0 unspecified atom stereocenters. The summed E-state index contributed by atoms with van der Waals surface area (Å²) in [7, 11) is 0. The fourth-order valence-corrected chi connectivity index (χ4v) is 3.07. The monoisotopic (exact) mass is 304 g/mol. The predicted octanol–water partition coefficient (Wildman–Crippen LogP) is 2.40. The van der Waals surface area contributed by atoms with Crippen LogP contribution < -0.4 is 11.3 Å². The number of nitrogens with one attached hydrogen (secondary N) is 1. The lowest BCUT2D eigenvalue weighted by molar-refractivity contribution is 0.900. The first kappa shape index (κ1) is 13.8. The molecule has 2 heterocycles. The number of fused-ring (bicyclic) bond motifs is 2. The van der Waals surface area contributed by atoms with E-state index in [1.54, 1.807) is 0 Å². The zero-order valence-electron chi connectivity index (χ0n) is 12.8. The van der Waals surface area contributed by atoms with Gasteiger partial charge < -0.3 is 5.73 Å². The number of hydrogen-bond acceptors (Lipinski definition) is 4. The number of aromatic nitrogens is 3. The molecule has 0 saturated carbocycles. The number of pyridine rings is 1. The van der Waals surface area contributed by atoms with Gasteiger partial charge in [-0.15, -0.1) is 0 Å². The van der Waals surface area contributed by atoms with Crippen LogP contribution in [0.1, 0.15) is 23.9 Å². The maximum absolute atomic E-state index is 11.9. The maximum Gasteiger partial charge on any atom is 0.272 e. The first-order valence-electron chi connectivity index (χ1n) is 7.55. The summed E-state index contributed by atoms with van der Waals surface area (Å²) in [6.45, 7) is 2.38. The smallest absolute Gasteiger partial charge is 0.272 e. The second-order valence-electron chi connectivity index (χ2n) is 5.77. The molecule has 114 valence electrons. The van der Waals surface area contributed by atoms with Crippen LogP contribution >= 0.6 is 0 Å². The normalized spacial score (nSPS) is 13.2. The van der Waals surface area contributed by atoms with Gasteiger partial charge in [0.1, 0.15) is 0 Å². The highest BCUT2D eigenvalue weighted by molar-refractivity contribution is 5.88. The van der Waals surface area contributed by atoms with E-state index in [9.17, 15) is 4.79 Å². The molecule has 3 aromatic rings. The van der Waals surface area contributed by atoms with Gasteiger partial charge in [0.05, 0.1) is 16.8 Å². The summed E-state index contributed by atoms with van der Waals surface area (Å²) in [4.78, 5) is 16.5. The standard InChI is InChI=1S/C18H16N4O/c1-10-2-5-16-14(10)7-12(9-20-16)11-3-4-13-15(6-11)17(8-19)21-22-18(13)23/h2-4,6-7,9H,5,8,19H2,1H3,(H,22,23). The molecule has 1 aliphatic rings. The number of aromatic amines is 1. The number of allylic oxidation sites excluding steroid dienone is 2. The molecule has 0 bridgehead atoms. The molecule has 2 aromatic heterocycles. The van der Waals surface area contributed by atoms with Crippen molar-refractivity contribution in [3.05, 3.63) is 63.8 Å². The Bertz CT molecular complexity index is 1020. The number of nitrogens with two attached hydrogens (primary N) is 1. The zero-order chi connectivity index (χ0) is 16.0. The van der Waals surface area contributed by atoms with Gasteiger partial charge in [0.25, 0.3) is 5.56 Å². The molecular weight excluding hydrogens is 288 g/mol. The summed E-state index contributed by atoms with van der Waals surface area (Å²) >= 11 is 0. The van der Waals surface area contributed by atoms with Gasteiger partial charge in [-0.05, 0) is 41.8 Å². The number of rotatable bonds is 2. The highest BCUT2D eigenvalue weighted by Crippen LogP contribution is 2.30. The van der Waals surface area contributed by atoms with Crippen molar-refractivity contribution < 1.29 is 0 Å². The SMILES string of the molecule is CC1=CCc2ncc(-c3ccc4c(=O)[nH]nc(CN)c4c3)cc21. The Morgan fingerprint density at radius 3 is 2.91 bits per heavy atom.